The molecule has 1 amide bonds. The van der Waals surface area contributed by atoms with Gasteiger partial charge >= 0.3 is 6.18 Å². The van der Waals surface area contributed by atoms with Gasteiger partial charge in [-0.05, 0) is 25.5 Å². The van der Waals surface area contributed by atoms with Crippen molar-refractivity contribution in [2.24, 2.45) is 0 Å². The molecule has 1 aromatic carbocycles. The van der Waals surface area contributed by atoms with E-state index in [4.69, 9.17) is 0 Å². The van der Waals surface area contributed by atoms with E-state index in [1.807, 2.05) is 6.92 Å². The third kappa shape index (κ3) is 4.31. The summed E-state index contributed by atoms with van der Waals surface area (Å²) in [6.45, 7) is 2.04. The van der Waals surface area contributed by atoms with Crippen LogP contribution in [0.5, 0.6) is 0 Å². The molecule has 7 heteroatoms. The summed E-state index contributed by atoms with van der Waals surface area (Å²) in [5, 5.41) is 9.51. The normalized spacial score (nSPS) is 21.5. The van der Waals surface area contributed by atoms with E-state index < -0.39 is 23.6 Å². The number of alkyl halides is 3. The number of Topliss-reactive ketones (excluding diaryl/α,β-unsaturated/α-hetero) is 1. The van der Waals surface area contributed by atoms with Crippen molar-refractivity contribution in [2.45, 2.75) is 44.5 Å². The van der Waals surface area contributed by atoms with Crippen LogP contribution in [0.15, 0.2) is 24.3 Å². The average molecular weight is 329 g/mol. The van der Waals surface area contributed by atoms with Crippen molar-refractivity contribution in [1.82, 2.24) is 4.90 Å². The van der Waals surface area contributed by atoms with E-state index >= 15 is 0 Å². The fourth-order valence-electron chi connectivity index (χ4n) is 2.73. The second kappa shape index (κ2) is 6.70. The van der Waals surface area contributed by atoms with Crippen LogP contribution in [-0.4, -0.2) is 40.4 Å². The van der Waals surface area contributed by atoms with Crippen LogP contribution in [0.25, 0.3) is 0 Å². The number of nitrogens with zero attached hydrogens (tertiary/aromatic N) is 1. The second-order valence-electron chi connectivity index (χ2n) is 5.79. The first-order valence-corrected chi connectivity index (χ1v) is 7.36. The zero-order chi connectivity index (χ0) is 17.2. The van der Waals surface area contributed by atoms with E-state index in [0.717, 1.165) is 12.1 Å². The number of carbonyl (C=O) groups excluding carboxylic acids is 2. The van der Waals surface area contributed by atoms with Crippen molar-refractivity contribution in [2.75, 3.05) is 6.54 Å². The number of rotatable bonds is 4. The Morgan fingerprint density at radius 3 is 2.57 bits per heavy atom. The number of hydrogen-bond donors (Lipinski definition) is 1. The Morgan fingerprint density at radius 2 is 2.00 bits per heavy atom. The number of β-amino-alcohol motifs (C(OH)–C–C–N with tert-alkyl or cyclic N) is 1. The van der Waals surface area contributed by atoms with Crippen LogP contribution in [0.1, 0.15) is 42.1 Å². The van der Waals surface area contributed by atoms with Gasteiger partial charge in [-0.2, -0.15) is 13.2 Å². The molecule has 0 unspecified atom stereocenters. The van der Waals surface area contributed by atoms with Crippen molar-refractivity contribution in [3.05, 3.63) is 35.4 Å². The summed E-state index contributed by atoms with van der Waals surface area (Å²) in [5.41, 5.74) is -0.937. The minimum Gasteiger partial charge on any atom is -0.391 e. The zero-order valence-corrected chi connectivity index (χ0v) is 12.6. The van der Waals surface area contributed by atoms with Gasteiger partial charge < -0.3 is 10.0 Å². The van der Waals surface area contributed by atoms with E-state index in [1.54, 1.807) is 0 Å². The molecule has 0 bridgehead atoms. The lowest BCUT2D eigenvalue weighted by Gasteiger charge is -2.20. The highest BCUT2D eigenvalue weighted by atomic mass is 19.4. The number of amides is 1. The first kappa shape index (κ1) is 17.5. The topological polar surface area (TPSA) is 57.6 Å². The molecule has 23 heavy (non-hydrogen) atoms. The van der Waals surface area contributed by atoms with E-state index in [2.05, 4.69) is 0 Å². The Kier molecular flexibility index (Phi) is 5.09. The average Bonchev–Trinajstić information content (AvgIpc) is 2.82. The Labute approximate surface area is 131 Å². The number of benzene rings is 1. The molecular formula is C16H18F3NO3. The molecule has 1 saturated heterocycles. The van der Waals surface area contributed by atoms with Crippen LogP contribution in [0, 0.1) is 0 Å². The highest BCUT2D eigenvalue weighted by molar-refractivity contribution is 5.98. The quantitative estimate of drug-likeness (QED) is 0.864. The summed E-state index contributed by atoms with van der Waals surface area (Å²) in [6.07, 6.45) is -4.81. The van der Waals surface area contributed by atoms with Gasteiger partial charge in [-0.25, -0.2) is 0 Å². The Hall–Kier alpha value is -1.89. The van der Waals surface area contributed by atoms with Crippen molar-refractivity contribution in [3.63, 3.8) is 0 Å². The predicted octanol–water partition coefficient (Wildman–Crippen LogP) is 2.65. The lowest BCUT2D eigenvalue weighted by atomic mass is 10.0. The minimum absolute atomic E-state index is 0.0536. The summed E-state index contributed by atoms with van der Waals surface area (Å²) < 4.78 is 37.9. The standard InChI is InChI=1S/C16H18F3NO3/c1-10-7-13(21)9-20(10)15(23)6-5-14(22)11-3-2-4-12(8-11)16(17,18)19/h2-4,8,10,13,21H,5-7,9H2,1H3/t10-,13-/m1/s1. The fourth-order valence-corrected chi connectivity index (χ4v) is 2.73. The van der Waals surface area contributed by atoms with E-state index in [-0.39, 0.29) is 36.9 Å². The monoisotopic (exact) mass is 329 g/mol. The Bertz CT molecular complexity index is 600. The summed E-state index contributed by atoms with van der Waals surface area (Å²) in [7, 11) is 0. The number of aliphatic hydroxyl groups excluding tert-OH is 1. The summed E-state index contributed by atoms with van der Waals surface area (Å²) >= 11 is 0. The van der Waals surface area contributed by atoms with E-state index in [1.165, 1.54) is 17.0 Å². The Balaban J connectivity index is 1.96. The highest BCUT2D eigenvalue weighted by Gasteiger charge is 2.32. The molecule has 2 rings (SSSR count). The van der Waals surface area contributed by atoms with Crippen molar-refractivity contribution in [1.29, 1.82) is 0 Å². The first-order chi connectivity index (χ1) is 10.7. The zero-order valence-electron chi connectivity index (χ0n) is 12.6. The molecule has 0 saturated carbocycles. The molecule has 0 aromatic heterocycles. The van der Waals surface area contributed by atoms with Crippen molar-refractivity contribution >= 4 is 11.7 Å². The van der Waals surface area contributed by atoms with E-state index in [0.29, 0.717) is 6.42 Å². The van der Waals surface area contributed by atoms with Gasteiger partial charge in [0.15, 0.2) is 5.78 Å². The predicted molar refractivity (Wildman–Crippen MR) is 76.8 cm³/mol. The smallest absolute Gasteiger partial charge is 0.391 e. The molecule has 1 heterocycles. The van der Waals surface area contributed by atoms with Gasteiger partial charge in [0.2, 0.25) is 5.91 Å². The first-order valence-electron chi connectivity index (χ1n) is 7.36. The van der Waals surface area contributed by atoms with Gasteiger partial charge in [0.05, 0.1) is 11.7 Å². The van der Waals surface area contributed by atoms with Gasteiger partial charge in [-0.3, -0.25) is 9.59 Å². The molecule has 1 aliphatic rings. The van der Waals surface area contributed by atoms with Crippen LogP contribution in [0.4, 0.5) is 13.2 Å². The number of carbonyl (C=O) groups is 2. The summed E-state index contributed by atoms with van der Waals surface area (Å²) in [6, 6.07) is 4.09. The molecule has 0 radical (unpaired) electrons. The molecule has 1 fully saturated rings. The molecule has 2 atom stereocenters. The molecule has 1 aliphatic heterocycles. The second-order valence-corrected chi connectivity index (χ2v) is 5.79. The largest absolute Gasteiger partial charge is 0.416 e. The summed E-state index contributed by atoms with van der Waals surface area (Å²) in [4.78, 5) is 25.6. The lowest BCUT2D eigenvalue weighted by Crippen LogP contribution is -2.34. The van der Waals surface area contributed by atoms with Gasteiger partial charge in [0.25, 0.3) is 0 Å². The molecule has 0 spiro atoms. The van der Waals surface area contributed by atoms with E-state index in [9.17, 15) is 27.9 Å². The maximum absolute atomic E-state index is 12.6. The number of aliphatic hydroxyl groups is 1. The minimum atomic E-state index is -4.51. The molecule has 1 aromatic rings. The number of likely N-dealkylation sites (tertiary alicyclic amines) is 1. The van der Waals surface area contributed by atoms with Gasteiger partial charge in [-0.1, -0.05) is 12.1 Å². The lowest BCUT2D eigenvalue weighted by molar-refractivity contribution is -0.137. The molecular weight excluding hydrogens is 311 g/mol. The maximum atomic E-state index is 12.6. The van der Waals surface area contributed by atoms with Crippen LogP contribution >= 0.6 is 0 Å². The Morgan fingerprint density at radius 1 is 1.30 bits per heavy atom. The molecule has 4 nitrogen and oxygen atoms in total. The molecule has 1 N–H and O–H groups in total. The van der Waals surface area contributed by atoms with Gasteiger partial charge in [0.1, 0.15) is 0 Å². The molecule has 0 aliphatic carbocycles. The van der Waals surface area contributed by atoms with Crippen LogP contribution in [0.2, 0.25) is 0 Å². The van der Waals surface area contributed by atoms with Crippen LogP contribution in [0.3, 0.4) is 0 Å². The highest BCUT2D eigenvalue weighted by Crippen LogP contribution is 2.29. The fraction of sp³-hybridized carbons (Fsp3) is 0.500. The SMILES string of the molecule is C[C@@H]1C[C@@H](O)CN1C(=O)CCC(=O)c1cccc(C(F)(F)F)c1. The van der Waals surface area contributed by atoms with Gasteiger partial charge in [-0.15, -0.1) is 0 Å². The number of hydrogen-bond acceptors (Lipinski definition) is 3. The third-order valence-electron chi connectivity index (χ3n) is 3.95. The van der Waals surface area contributed by atoms with Gasteiger partial charge in [0, 0.05) is 31.0 Å². The van der Waals surface area contributed by atoms with Crippen molar-refractivity contribution in [3.8, 4) is 0 Å². The van der Waals surface area contributed by atoms with Crippen LogP contribution in [-0.2, 0) is 11.0 Å². The van der Waals surface area contributed by atoms with Crippen molar-refractivity contribution < 1.29 is 27.9 Å². The third-order valence-corrected chi connectivity index (χ3v) is 3.95. The molecule has 126 valence electrons. The van der Waals surface area contributed by atoms with Crippen LogP contribution < -0.4 is 0 Å². The summed E-state index contributed by atoms with van der Waals surface area (Å²) in [5.74, 6) is -0.772. The number of halogens is 3. The maximum Gasteiger partial charge on any atom is 0.416 e. The number of ketones is 1.